The van der Waals surface area contributed by atoms with Crippen LogP contribution < -0.4 is 9.64 Å². The average Bonchev–Trinajstić information content (AvgIpc) is 2.85. The van der Waals surface area contributed by atoms with Crippen molar-refractivity contribution >= 4 is 28.5 Å². The fourth-order valence-electron chi connectivity index (χ4n) is 2.75. The third-order valence-corrected chi connectivity index (χ3v) is 3.87. The molecule has 1 fully saturated rings. The van der Waals surface area contributed by atoms with Gasteiger partial charge >= 0.3 is 0 Å². The lowest BCUT2D eigenvalue weighted by atomic mass is 10.2. The topological polar surface area (TPSA) is 38.3 Å². The minimum absolute atomic E-state index is 0.469. The molecule has 1 atom stereocenters. The number of hydrogen-bond acceptors (Lipinski definition) is 4. The molecule has 0 N–H and O–H groups in total. The SMILES string of the molecule is Clc1ccc2nc3c(nc2c1)OCC1CCCN31. The Labute approximate surface area is 110 Å². The van der Waals surface area contributed by atoms with E-state index in [2.05, 4.69) is 14.9 Å². The molecule has 2 aliphatic heterocycles. The predicted octanol–water partition coefficient (Wildman–Crippen LogP) is 2.64. The molecule has 5 heteroatoms. The van der Waals surface area contributed by atoms with Gasteiger partial charge in [-0.2, -0.15) is 0 Å². The number of fused-ring (bicyclic) bond motifs is 4. The van der Waals surface area contributed by atoms with Gasteiger partial charge in [0, 0.05) is 11.6 Å². The van der Waals surface area contributed by atoms with Gasteiger partial charge in [0.1, 0.15) is 6.61 Å². The molecule has 0 radical (unpaired) electrons. The molecule has 4 rings (SSSR count). The van der Waals surface area contributed by atoms with E-state index in [4.69, 9.17) is 16.3 Å². The number of halogens is 1. The van der Waals surface area contributed by atoms with Crippen molar-refractivity contribution in [2.45, 2.75) is 18.9 Å². The third kappa shape index (κ3) is 1.45. The highest BCUT2D eigenvalue weighted by Crippen LogP contribution is 2.36. The van der Waals surface area contributed by atoms with Gasteiger partial charge in [0.25, 0.3) is 5.88 Å². The molecule has 4 nitrogen and oxygen atoms in total. The molecule has 1 saturated heterocycles. The van der Waals surface area contributed by atoms with Crippen LogP contribution in [0.5, 0.6) is 5.88 Å². The number of aromatic nitrogens is 2. The Morgan fingerprint density at radius 2 is 2.22 bits per heavy atom. The maximum Gasteiger partial charge on any atom is 0.258 e. The Bertz CT molecular complexity index is 631. The number of hydrogen-bond donors (Lipinski definition) is 0. The third-order valence-electron chi connectivity index (χ3n) is 3.64. The zero-order chi connectivity index (χ0) is 12.1. The molecular weight excluding hydrogens is 250 g/mol. The van der Waals surface area contributed by atoms with E-state index < -0.39 is 0 Å². The molecule has 2 aromatic rings. The molecule has 1 unspecified atom stereocenters. The van der Waals surface area contributed by atoms with Crippen molar-refractivity contribution in [1.82, 2.24) is 9.97 Å². The summed E-state index contributed by atoms with van der Waals surface area (Å²) in [5.74, 6) is 1.53. The van der Waals surface area contributed by atoms with Crippen LogP contribution in [0.15, 0.2) is 18.2 Å². The van der Waals surface area contributed by atoms with E-state index >= 15 is 0 Å². The molecule has 0 bridgehead atoms. The number of benzene rings is 1. The van der Waals surface area contributed by atoms with Gasteiger partial charge in [-0.05, 0) is 31.0 Å². The van der Waals surface area contributed by atoms with Crippen LogP contribution in [-0.4, -0.2) is 29.2 Å². The number of ether oxygens (including phenoxy) is 1. The summed E-state index contributed by atoms with van der Waals surface area (Å²) in [5, 5.41) is 0.673. The first-order valence-electron chi connectivity index (χ1n) is 6.18. The van der Waals surface area contributed by atoms with Crippen LogP contribution in [0.4, 0.5) is 5.82 Å². The van der Waals surface area contributed by atoms with Gasteiger partial charge in [-0.15, -0.1) is 0 Å². The van der Waals surface area contributed by atoms with E-state index in [0.29, 0.717) is 23.6 Å². The minimum Gasteiger partial charge on any atom is -0.473 e. The smallest absolute Gasteiger partial charge is 0.258 e. The van der Waals surface area contributed by atoms with Crippen molar-refractivity contribution in [2.75, 3.05) is 18.1 Å². The summed E-state index contributed by atoms with van der Waals surface area (Å²) in [6.45, 7) is 1.77. The molecule has 0 aliphatic carbocycles. The summed E-state index contributed by atoms with van der Waals surface area (Å²) in [6.07, 6.45) is 2.38. The molecule has 0 saturated carbocycles. The van der Waals surface area contributed by atoms with Gasteiger partial charge in [-0.25, -0.2) is 9.97 Å². The second kappa shape index (κ2) is 3.72. The molecule has 0 amide bonds. The maximum absolute atomic E-state index is 5.97. The van der Waals surface area contributed by atoms with Crippen LogP contribution in [0, 0.1) is 0 Å². The Kier molecular flexibility index (Phi) is 2.14. The van der Waals surface area contributed by atoms with Crippen molar-refractivity contribution in [1.29, 1.82) is 0 Å². The zero-order valence-electron chi connectivity index (χ0n) is 9.77. The number of anilines is 1. The average molecular weight is 262 g/mol. The van der Waals surface area contributed by atoms with Crippen LogP contribution in [0.1, 0.15) is 12.8 Å². The predicted molar refractivity (Wildman–Crippen MR) is 70.4 cm³/mol. The summed E-state index contributed by atoms with van der Waals surface area (Å²) in [5.41, 5.74) is 1.66. The highest BCUT2D eigenvalue weighted by atomic mass is 35.5. The highest BCUT2D eigenvalue weighted by molar-refractivity contribution is 6.31. The van der Waals surface area contributed by atoms with Crippen molar-refractivity contribution in [2.24, 2.45) is 0 Å². The maximum atomic E-state index is 5.97. The van der Waals surface area contributed by atoms with Crippen molar-refractivity contribution < 1.29 is 4.74 Å². The van der Waals surface area contributed by atoms with Gasteiger partial charge in [0.2, 0.25) is 0 Å². The fraction of sp³-hybridized carbons (Fsp3) is 0.385. The van der Waals surface area contributed by atoms with Gasteiger partial charge in [-0.1, -0.05) is 11.6 Å². The first kappa shape index (κ1) is 10.4. The molecular formula is C13H12ClN3O. The lowest BCUT2D eigenvalue weighted by molar-refractivity contribution is 0.260. The molecule has 18 heavy (non-hydrogen) atoms. The van der Waals surface area contributed by atoms with E-state index in [0.717, 1.165) is 23.4 Å². The minimum atomic E-state index is 0.469. The summed E-state index contributed by atoms with van der Waals surface area (Å²) >= 11 is 5.97. The lowest BCUT2D eigenvalue weighted by Gasteiger charge is -2.31. The van der Waals surface area contributed by atoms with Crippen LogP contribution in [0.25, 0.3) is 11.0 Å². The van der Waals surface area contributed by atoms with E-state index in [1.165, 1.54) is 12.8 Å². The first-order chi connectivity index (χ1) is 8.81. The Morgan fingerprint density at radius 1 is 1.28 bits per heavy atom. The lowest BCUT2D eigenvalue weighted by Crippen LogP contribution is -2.39. The molecule has 1 aromatic heterocycles. The van der Waals surface area contributed by atoms with E-state index in [9.17, 15) is 0 Å². The van der Waals surface area contributed by atoms with Crippen molar-refractivity contribution in [3.05, 3.63) is 23.2 Å². The van der Waals surface area contributed by atoms with Crippen molar-refractivity contribution in [3.63, 3.8) is 0 Å². The summed E-state index contributed by atoms with van der Waals surface area (Å²) in [6, 6.07) is 6.04. The van der Waals surface area contributed by atoms with Crippen LogP contribution in [0.3, 0.4) is 0 Å². The van der Waals surface area contributed by atoms with E-state index in [-0.39, 0.29) is 0 Å². The van der Waals surface area contributed by atoms with Gasteiger partial charge in [0.05, 0.1) is 17.1 Å². The molecule has 2 aliphatic rings. The molecule has 1 aromatic carbocycles. The molecule has 92 valence electrons. The monoisotopic (exact) mass is 261 g/mol. The van der Waals surface area contributed by atoms with E-state index in [1.54, 1.807) is 0 Å². The Balaban J connectivity index is 1.92. The summed E-state index contributed by atoms with van der Waals surface area (Å²) in [4.78, 5) is 11.5. The van der Waals surface area contributed by atoms with E-state index in [1.807, 2.05) is 18.2 Å². The number of rotatable bonds is 0. The largest absolute Gasteiger partial charge is 0.473 e. The first-order valence-corrected chi connectivity index (χ1v) is 6.56. The van der Waals surface area contributed by atoms with Gasteiger partial charge < -0.3 is 9.64 Å². The second-order valence-electron chi connectivity index (χ2n) is 4.79. The normalized spacial score (nSPS) is 21.6. The van der Waals surface area contributed by atoms with Crippen LogP contribution in [-0.2, 0) is 0 Å². The van der Waals surface area contributed by atoms with Crippen molar-refractivity contribution in [3.8, 4) is 5.88 Å². The summed E-state index contributed by atoms with van der Waals surface area (Å²) in [7, 11) is 0. The van der Waals surface area contributed by atoms with Gasteiger partial charge in [0.15, 0.2) is 5.82 Å². The van der Waals surface area contributed by atoms with Crippen LogP contribution in [0.2, 0.25) is 5.02 Å². The van der Waals surface area contributed by atoms with Crippen LogP contribution >= 0.6 is 11.6 Å². The molecule has 3 heterocycles. The highest BCUT2D eigenvalue weighted by Gasteiger charge is 2.33. The number of nitrogens with zero attached hydrogens (tertiary/aromatic N) is 3. The molecule has 0 spiro atoms. The zero-order valence-corrected chi connectivity index (χ0v) is 10.5. The Hall–Kier alpha value is -1.55. The quantitative estimate of drug-likeness (QED) is 0.731. The van der Waals surface area contributed by atoms with Gasteiger partial charge in [-0.3, -0.25) is 0 Å². The standard InChI is InChI=1S/C13H12ClN3O/c14-8-3-4-10-11(6-8)16-13-12(15-10)17-5-1-2-9(17)7-18-13/h3-4,6,9H,1-2,5,7H2. The Morgan fingerprint density at radius 3 is 3.17 bits per heavy atom. The second-order valence-corrected chi connectivity index (χ2v) is 5.22. The summed E-state index contributed by atoms with van der Waals surface area (Å²) < 4.78 is 5.73. The fourth-order valence-corrected chi connectivity index (χ4v) is 2.92.